The molecule has 2 aliphatic rings. The largest absolute Gasteiger partial charge is 0.384 e. The van der Waals surface area contributed by atoms with E-state index >= 15 is 0 Å². The lowest BCUT2D eigenvalue weighted by molar-refractivity contribution is -0.133. The molecule has 0 spiro atoms. The lowest BCUT2D eigenvalue weighted by Gasteiger charge is -2.36. The van der Waals surface area contributed by atoms with E-state index in [-0.39, 0.29) is 0 Å². The standard InChI is InChI=1S/C18H26N2O/c1-13-7-3-6-10-17(13)20(2)18(21)11-14-12-19-16-9-5-4-8-15(14)16/h4-5,8-9,13-14,17,19H,3,6-7,10-12H2,1-2H3. The number of benzene rings is 1. The fraction of sp³-hybridized carbons (Fsp3) is 0.611. The highest BCUT2D eigenvalue weighted by molar-refractivity contribution is 5.78. The fourth-order valence-corrected chi connectivity index (χ4v) is 3.95. The van der Waals surface area contributed by atoms with Gasteiger partial charge in [0.25, 0.3) is 0 Å². The molecular formula is C18H26N2O. The van der Waals surface area contributed by atoms with Crippen molar-refractivity contribution >= 4 is 11.6 Å². The number of carbonyl (C=O) groups is 1. The maximum Gasteiger partial charge on any atom is 0.223 e. The first-order chi connectivity index (χ1) is 10.2. The Bertz CT molecular complexity index is 514. The molecule has 1 N–H and O–H groups in total. The quantitative estimate of drug-likeness (QED) is 0.920. The third-order valence-electron chi connectivity index (χ3n) is 5.32. The summed E-state index contributed by atoms with van der Waals surface area (Å²) in [5.41, 5.74) is 2.50. The molecule has 1 aliphatic carbocycles. The second-order valence-corrected chi connectivity index (χ2v) is 6.70. The molecule has 0 radical (unpaired) electrons. The summed E-state index contributed by atoms with van der Waals surface area (Å²) < 4.78 is 0. The summed E-state index contributed by atoms with van der Waals surface area (Å²) in [5.74, 6) is 1.27. The van der Waals surface area contributed by atoms with Crippen molar-refractivity contribution in [1.29, 1.82) is 0 Å². The summed E-state index contributed by atoms with van der Waals surface area (Å²) >= 11 is 0. The Morgan fingerprint density at radius 3 is 2.86 bits per heavy atom. The van der Waals surface area contributed by atoms with Gasteiger partial charge in [0.2, 0.25) is 5.91 Å². The molecule has 21 heavy (non-hydrogen) atoms. The number of carbonyl (C=O) groups excluding carboxylic acids is 1. The summed E-state index contributed by atoms with van der Waals surface area (Å²) in [7, 11) is 2.00. The number of fused-ring (bicyclic) bond motifs is 1. The Balaban J connectivity index is 1.64. The predicted molar refractivity (Wildman–Crippen MR) is 86.5 cm³/mol. The minimum absolute atomic E-state index is 0.303. The molecular weight excluding hydrogens is 260 g/mol. The first-order valence-corrected chi connectivity index (χ1v) is 8.25. The van der Waals surface area contributed by atoms with E-state index in [2.05, 4.69) is 30.4 Å². The molecule has 1 fully saturated rings. The molecule has 1 heterocycles. The first kappa shape index (κ1) is 14.4. The van der Waals surface area contributed by atoms with Gasteiger partial charge in [0.1, 0.15) is 0 Å². The number of nitrogens with zero attached hydrogens (tertiary/aromatic N) is 1. The van der Waals surface area contributed by atoms with Crippen LogP contribution >= 0.6 is 0 Å². The molecule has 3 rings (SSSR count). The number of rotatable bonds is 3. The van der Waals surface area contributed by atoms with Gasteiger partial charge < -0.3 is 10.2 Å². The van der Waals surface area contributed by atoms with Crippen molar-refractivity contribution < 1.29 is 4.79 Å². The van der Waals surface area contributed by atoms with E-state index < -0.39 is 0 Å². The second kappa shape index (κ2) is 6.08. The minimum atomic E-state index is 0.303. The molecule has 0 bridgehead atoms. The average Bonchev–Trinajstić information content (AvgIpc) is 2.90. The second-order valence-electron chi connectivity index (χ2n) is 6.70. The van der Waals surface area contributed by atoms with Crippen LogP contribution in [-0.4, -0.2) is 30.4 Å². The van der Waals surface area contributed by atoms with Crippen LogP contribution in [0.2, 0.25) is 0 Å². The van der Waals surface area contributed by atoms with Crippen LogP contribution in [0.1, 0.15) is 50.5 Å². The van der Waals surface area contributed by atoms with E-state index in [4.69, 9.17) is 0 Å². The zero-order valence-corrected chi connectivity index (χ0v) is 13.1. The van der Waals surface area contributed by atoms with Crippen LogP contribution < -0.4 is 5.32 Å². The first-order valence-electron chi connectivity index (χ1n) is 8.25. The van der Waals surface area contributed by atoms with E-state index in [9.17, 15) is 4.79 Å². The summed E-state index contributed by atoms with van der Waals surface area (Å²) in [5, 5.41) is 3.41. The van der Waals surface area contributed by atoms with Gasteiger partial charge in [-0.1, -0.05) is 38.0 Å². The van der Waals surface area contributed by atoms with Crippen molar-refractivity contribution in [3.05, 3.63) is 29.8 Å². The van der Waals surface area contributed by atoms with Crippen molar-refractivity contribution in [3.8, 4) is 0 Å². The Kier molecular flexibility index (Phi) is 4.18. The normalized spacial score (nSPS) is 27.8. The molecule has 1 aliphatic heterocycles. The summed E-state index contributed by atoms with van der Waals surface area (Å²) in [4.78, 5) is 14.7. The van der Waals surface area contributed by atoms with E-state index in [0.717, 1.165) is 6.54 Å². The summed E-state index contributed by atoms with van der Waals surface area (Å²) in [6.07, 6.45) is 5.64. The van der Waals surface area contributed by atoms with E-state index in [1.807, 2.05) is 18.0 Å². The highest BCUT2D eigenvalue weighted by atomic mass is 16.2. The molecule has 3 heteroatoms. The van der Waals surface area contributed by atoms with Gasteiger partial charge in [-0.3, -0.25) is 4.79 Å². The maximum atomic E-state index is 12.7. The number of anilines is 1. The van der Waals surface area contributed by atoms with E-state index in [1.54, 1.807) is 0 Å². The van der Waals surface area contributed by atoms with Gasteiger partial charge in [-0.2, -0.15) is 0 Å². The van der Waals surface area contributed by atoms with Gasteiger partial charge in [0.15, 0.2) is 0 Å². The molecule has 1 aromatic carbocycles. The molecule has 0 aromatic heterocycles. The van der Waals surface area contributed by atoms with Crippen molar-refractivity contribution in [3.63, 3.8) is 0 Å². The van der Waals surface area contributed by atoms with Crippen LogP contribution in [0.5, 0.6) is 0 Å². The highest BCUT2D eigenvalue weighted by Crippen LogP contribution is 2.34. The van der Waals surface area contributed by atoms with Gasteiger partial charge in [0, 0.05) is 37.7 Å². The molecule has 1 aromatic rings. The number of para-hydroxylation sites is 1. The number of amides is 1. The lowest BCUT2D eigenvalue weighted by atomic mass is 9.84. The molecule has 114 valence electrons. The average molecular weight is 286 g/mol. The smallest absolute Gasteiger partial charge is 0.223 e. The predicted octanol–water partition coefficient (Wildman–Crippen LogP) is 3.62. The Morgan fingerprint density at radius 2 is 2.05 bits per heavy atom. The van der Waals surface area contributed by atoms with Crippen LogP contribution in [0.3, 0.4) is 0 Å². The highest BCUT2D eigenvalue weighted by Gasteiger charge is 2.30. The van der Waals surface area contributed by atoms with Gasteiger partial charge in [0.05, 0.1) is 0 Å². The monoisotopic (exact) mass is 286 g/mol. The zero-order valence-electron chi connectivity index (χ0n) is 13.1. The molecule has 1 amide bonds. The summed E-state index contributed by atoms with van der Waals surface area (Å²) in [6, 6.07) is 8.81. The molecule has 3 nitrogen and oxygen atoms in total. The van der Waals surface area contributed by atoms with Crippen molar-refractivity contribution in [2.45, 2.75) is 51.0 Å². The van der Waals surface area contributed by atoms with Crippen LogP contribution in [0.15, 0.2) is 24.3 Å². The van der Waals surface area contributed by atoms with Crippen molar-refractivity contribution in [2.75, 3.05) is 18.9 Å². The van der Waals surface area contributed by atoms with Gasteiger partial charge in [-0.05, 0) is 30.4 Å². The topological polar surface area (TPSA) is 32.3 Å². The number of hydrogen-bond donors (Lipinski definition) is 1. The van der Waals surface area contributed by atoms with E-state index in [0.29, 0.717) is 30.2 Å². The van der Waals surface area contributed by atoms with Crippen LogP contribution in [0, 0.1) is 5.92 Å². The third-order valence-corrected chi connectivity index (χ3v) is 5.32. The number of nitrogens with one attached hydrogen (secondary N) is 1. The number of hydrogen-bond acceptors (Lipinski definition) is 2. The van der Waals surface area contributed by atoms with Crippen LogP contribution in [-0.2, 0) is 4.79 Å². The zero-order chi connectivity index (χ0) is 14.8. The molecule has 1 saturated carbocycles. The fourth-order valence-electron chi connectivity index (χ4n) is 3.95. The Hall–Kier alpha value is -1.51. The van der Waals surface area contributed by atoms with Crippen LogP contribution in [0.25, 0.3) is 0 Å². The molecule has 3 atom stereocenters. The van der Waals surface area contributed by atoms with Crippen LogP contribution in [0.4, 0.5) is 5.69 Å². The molecule has 3 unspecified atom stereocenters. The SMILES string of the molecule is CC1CCCCC1N(C)C(=O)CC1CNc2ccccc21. The maximum absolute atomic E-state index is 12.7. The van der Waals surface area contributed by atoms with Crippen molar-refractivity contribution in [1.82, 2.24) is 4.90 Å². The lowest BCUT2D eigenvalue weighted by Crippen LogP contribution is -2.43. The van der Waals surface area contributed by atoms with Gasteiger partial charge in [-0.15, -0.1) is 0 Å². The third kappa shape index (κ3) is 2.92. The van der Waals surface area contributed by atoms with E-state index in [1.165, 1.54) is 36.9 Å². The Morgan fingerprint density at radius 1 is 1.29 bits per heavy atom. The van der Waals surface area contributed by atoms with Crippen molar-refractivity contribution in [2.24, 2.45) is 5.92 Å². The van der Waals surface area contributed by atoms with Gasteiger partial charge in [-0.25, -0.2) is 0 Å². The summed E-state index contributed by atoms with van der Waals surface area (Å²) in [6.45, 7) is 3.18. The Labute approximate surface area is 127 Å². The van der Waals surface area contributed by atoms with Gasteiger partial charge >= 0.3 is 0 Å². The minimum Gasteiger partial charge on any atom is -0.384 e. The molecule has 0 saturated heterocycles.